The van der Waals surface area contributed by atoms with Crippen LogP contribution in [0.2, 0.25) is 10.0 Å². The fraction of sp³-hybridized carbons (Fsp3) is 0.176. The van der Waals surface area contributed by atoms with Crippen LogP contribution in [0, 0.1) is 0 Å². The summed E-state index contributed by atoms with van der Waals surface area (Å²) in [5.74, 6) is -0.489. The highest BCUT2D eigenvalue weighted by Crippen LogP contribution is 2.30. The van der Waals surface area contributed by atoms with Gasteiger partial charge in [-0.05, 0) is 12.1 Å². The molecule has 2 heterocycles. The number of nitrogens with zero attached hydrogens (tertiary/aromatic N) is 3. The number of carbonyl (C=O) groups is 1. The standard InChI is InChI=1S/C17H16Cl2N6O3S/c1-24-14(20)13(15(27)25(2)17(24)28)21-6-12(26)23-16-22-11(7-29-16)8-3-4-9(18)10(19)5-8/h3-5,7,21H,6,20H2,1-2H3,(H,22,23,26). The maximum atomic E-state index is 12.2. The maximum absolute atomic E-state index is 12.2. The molecule has 3 rings (SSSR count). The molecule has 4 N–H and O–H groups in total. The van der Waals surface area contributed by atoms with Gasteiger partial charge in [-0.3, -0.25) is 18.7 Å². The van der Waals surface area contributed by atoms with E-state index in [4.69, 9.17) is 28.9 Å². The van der Waals surface area contributed by atoms with Gasteiger partial charge in [-0.15, -0.1) is 11.3 Å². The lowest BCUT2D eigenvalue weighted by atomic mass is 10.2. The normalized spacial score (nSPS) is 10.8. The third kappa shape index (κ3) is 4.29. The number of nitrogen functional groups attached to an aromatic ring is 1. The van der Waals surface area contributed by atoms with E-state index in [0.717, 1.165) is 14.7 Å². The molecule has 0 saturated carbocycles. The zero-order valence-electron chi connectivity index (χ0n) is 15.3. The van der Waals surface area contributed by atoms with Crippen molar-refractivity contribution in [2.75, 3.05) is 22.9 Å². The monoisotopic (exact) mass is 454 g/mol. The molecule has 0 fully saturated rings. The van der Waals surface area contributed by atoms with Gasteiger partial charge in [0.1, 0.15) is 11.5 Å². The summed E-state index contributed by atoms with van der Waals surface area (Å²) >= 11 is 13.2. The highest BCUT2D eigenvalue weighted by molar-refractivity contribution is 7.14. The van der Waals surface area contributed by atoms with Crippen molar-refractivity contribution < 1.29 is 4.79 Å². The Morgan fingerprint density at radius 1 is 1.21 bits per heavy atom. The van der Waals surface area contributed by atoms with Crippen LogP contribution in [0.15, 0.2) is 33.2 Å². The van der Waals surface area contributed by atoms with Gasteiger partial charge >= 0.3 is 5.69 Å². The molecule has 0 bridgehead atoms. The number of amides is 1. The third-order valence-electron chi connectivity index (χ3n) is 4.10. The minimum absolute atomic E-state index is 0.0274. The smallest absolute Gasteiger partial charge is 0.332 e. The summed E-state index contributed by atoms with van der Waals surface area (Å²) in [4.78, 5) is 40.6. The first kappa shape index (κ1) is 20.9. The minimum atomic E-state index is -0.616. The number of hydrogen-bond donors (Lipinski definition) is 3. The quantitative estimate of drug-likeness (QED) is 0.542. The molecule has 0 atom stereocenters. The fourth-order valence-corrected chi connectivity index (χ4v) is 3.51. The molecular weight excluding hydrogens is 439 g/mol. The Morgan fingerprint density at radius 3 is 2.62 bits per heavy atom. The number of rotatable bonds is 5. The van der Waals surface area contributed by atoms with Crippen molar-refractivity contribution >= 4 is 57.1 Å². The van der Waals surface area contributed by atoms with Crippen LogP contribution >= 0.6 is 34.5 Å². The molecular formula is C17H16Cl2N6O3S. The average molecular weight is 455 g/mol. The van der Waals surface area contributed by atoms with Crippen LogP contribution in [0.4, 0.5) is 16.6 Å². The zero-order valence-corrected chi connectivity index (χ0v) is 17.7. The van der Waals surface area contributed by atoms with E-state index in [-0.39, 0.29) is 18.1 Å². The van der Waals surface area contributed by atoms with Crippen LogP contribution in [0.25, 0.3) is 11.3 Å². The van der Waals surface area contributed by atoms with E-state index in [1.54, 1.807) is 23.6 Å². The molecule has 0 spiro atoms. The van der Waals surface area contributed by atoms with E-state index in [0.29, 0.717) is 20.9 Å². The van der Waals surface area contributed by atoms with Gasteiger partial charge < -0.3 is 16.4 Å². The van der Waals surface area contributed by atoms with Crippen LogP contribution in [-0.4, -0.2) is 26.6 Å². The molecule has 9 nitrogen and oxygen atoms in total. The number of aromatic nitrogens is 3. The number of carbonyl (C=O) groups excluding carboxylic acids is 1. The number of anilines is 3. The molecule has 0 unspecified atom stereocenters. The molecule has 29 heavy (non-hydrogen) atoms. The van der Waals surface area contributed by atoms with Crippen molar-refractivity contribution in [1.29, 1.82) is 0 Å². The van der Waals surface area contributed by atoms with E-state index in [1.165, 1.54) is 25.4 Å². The van der Waals surface area contributed by atoms with Gasteiger partial charge in [0.2, 0.25) is 5.91 Å². The lowest BCUT2D eigenvalue weighted by molar-refractivity contribution is -0.114. The number of benzene rings is 1. The SMILES string of the molecule is Cn1c(N)c(NCC(=O)Nc2nc(-c3ccc(Cl)c(Cl)c3)cs2)c(=O)n(C)c1=O. The molecule has 152 valence electrons. The zero-order chi connectivity index (χ0) is 21.3. The number of thiazole rings is 1. The summed E-state index contributed by atoms with van der Waals surface area (Å²) < 4.78 is 2.02. The molecule has 2 aromatic heterocycles. The first-order chi connectivity index (χ1) is 13.7. The molecule has 0 aliphatic rings. The molecule has 0 radical (unpaired) electrons. The Kier molecular flexibility index (Phi) is 5.96. The Hall–Kier alpha value is -2.82. The van der Waals surface area contributed by atoms with E-state index in [9.17, 15) is 14.4 Å². The van der Waals surface area contributed by atoms with Crippen molar-refractivity contribution in [2.45, 2.75) is 0 Å². The molecule has 12 heteroatoms. The molecule has 0 saturated heterocycles. The number of hydrogen-bond acceptors (Lipinski definition) is 7. The van der Waals surface area contributed by atoms with E-state index >= 15 is 0 Å². The van der Waals surface area contributed by atoms with Gasteiger partial charge in [-0.1, -0.05) is 29.3 Å². The van der Waals surface area contributed by atoms with Crippen LogP contribution in [0.3, 0.4) is 0 Å². The first-order valence-corrected chi connectivity index (χ1v) is 9.82. The van der Waals surface area contributed by atoms with Crippen LogP contribution in [-0.2, 0) is 18.9 Å². The molecule has 1 aromatic carbocycles. The Bertz CT molecular complexity index is 1220. The van der Waals surface area contributed by atoms with Gasteiger partial charge in [-0.2, -0.15) is 0 Å². The Morgan fingerprint density at radius 2 is 1.93 bits per heavy atom. The van der Waals surface area contributed by atoms with E-state index in [2.05, 4.69) is 15.6 Å². The Balaban J connectivity index is 1.70. The number of nitrogens with one attached hydrogen (secondary N) is 2. The maximum Gasteiger partial charge on any atom is 0.332 e. The third-order valence-corrected chi connectivity index (χ3v) is 5.60. The lowest BCUT2D eigenvalue weighted by Gasteiger charge is -2.12. The van der Waals surface area contributed by atoms with E-state index < -0.39 is 17.2 Å². The summed E-state index contributed by atoms with van der Waals surface area (Å²) in [6, 6.07) is 5.12. The highest BCUT2D eigenvalue weighted by atomic mass is 35.5. The minimum Gasteiger partial charge on any atom is -0.383 e. The molecule has 0 aliphatic heterocycles. The topological polar surface area (TPSA) is 124 Å². The summed E-state index contributed by atoms with van der Waals surface area (Å²) in [7, 11) is 2.76. The number of nitrogens with two attached hydrogens (primary N) is 1. The summed E-state index contributed by atoms with van der Waals surface area (Å²) in [5.41, 5.74) is 6.00. The van der Waals surface area contributed by atoms with Gasteiger partial charge in [0.05, 0.1) is 22.3 Å². The van der Waals surface area contributed by atoms with Gasteiger partial charge in [-0.25, -0.2) is 9.78 Å². The summed E-state index contributed by atoms with van der Waals surface area (Å²) in [5, 5.41) is 8.30. The largest absolute Gasteiger partial charge is 0.383 e. The second kappa shape index (κ2) is 8.27. The molecule has 3 aromatic rings. The number of halogens is 2. The predicted octanol–water partition coefficient (Wildman–Crippen LogP) is 2.15. The van der Waals surface area contributed by atoms with Crippen molar-refractivity contribution in [1.82, 2.24) is 14.1 Å². The highest BCUT2D eigenvalue weighted by Gasteiger charge is 2.15. The first-order valence-electron chi connectivity index (χ1n) is 8.19. The van der Waals surface area contributed by atoms with Crippen molar-refractivity contribution in [3.63, 3.8) is 0 Å². The average Bonchev–Trinajstić information content (AvgIpc) is 3.15. The van der Waals surface area contributed by atoms with Crippen LogP contribution in [0.1, 0.15) is 0 Å². The lowest BCUT2D eigenvalue weighted by Crippen LogP contribution is -2.40. The second-order valence-electron chi connectivity index (χ2n) is 6.03. The molecule has 0 aliphatic carbocycles. The fourth-order valence-electron chi connectivity index (χ4n) is 2.48. The van der Waals surface area contributed by atoms with E-state index in [1.807, 2.05) is 0 Å². The van der Waals surface area contributed by atoms with Gasteiger partial charge in [0.25, 0.3) is 5.56 Å². The van der Waals surface area contributed by atoms with Crippen LogP contribution < -0.4 is 27.6 Å². The van der Waals surface area contributed by atoms with Crippen molar-refractivity contribution in [3.05, 3.63) is 54.5 Å². The molecule has 1 amide bonds. The van der Waals surface area contributed by atoms with Crippen molar-refractivity contribution in [2.24, 2.45) is 14.1 Å². The summed E-state index contributed by atoms with van der Waals surface area (Å²) in [6.45, 7) is -0.237. The van der Waals surface area contributed by atoms with Crippen molar-refractivity contribution in [3.8, 4) is 11.3 Å². The van der Waals surface area contributed by atoms with Crippen LogP contribution in [0.5, 0.6) is 0 Å². The second-order valence-corrected chi connectivity index (χ2v) is 7.71. The van der Waals surface area contributed by atoms with Gasteiger partial charge in [0.15, 0.2) is 5.13 Å². The summed E-state index contributed by atoms with van der Waals surface area (Å²) in [6.07, 6.45) is 0. The van der Waals surface area contributed by atoms with Gasteiger partial charge in [0, 0.05) is 25.0 Å². The predicted molar refractivity (Wildman–Crippen MR) is 116 cm³/mol. The Labute approximate surface area is 178 Å².